The number of halogens is 1. The molecule has 9 heteroatoms. The summed E-state index contributed by atoms with van der Waals surface area (Å²) in [4.78, 5) is 30.4. The zero-order valence-electron chi connectivity index (χ0n) is 19.1. The zero-order chi connectivity index (χ0) is 24.2. The standard InChI is InChI=1S/C25H27ClN2O6/c1-32-19-8-5-17(15-20(19)33-2)22-21(23(29)16-3-6-18(26)7-4-16)24(30)25(31)28(22)10-9-27-11-13-34-14-12-27/h3-8,15,24,30H,9-14H2,1-2H3. The van der Waals surface area contributed by atoms with E-state index in [1.165, 1.54) is 19.1 Å². The number of nitrogens with zero attached hydrogens (tertiary/aromatic N) is 2. The van der Waals surface area contributed by atoms with Crippen LogP contribution in [0, 0.1) is 0 Å². The number of amides is 1. The number of ether oxygens (including phenoxy) is 3. The number of hydrogen-bond donors (Lipinski definition) is 1. The molecule has 0 aliphatic carbocycles. The van der Waals surface area contributed by atoms with Crippen LogP contribution in [0.25, 0.3) is 5.70 Å². The van der Waals surface area contributed by atoms with Crippen LogP contribution in [0.2, 0.25) is 5.02 Å². The smallest absolute Gasteiger partial charge is 0.260 e. The highest BCUT2D eigenvalue weighted by Crippen LogP contribution is 2.38. The molecule has 2 aromatic rings. The minimum absolute atomic E-state index is 0.0292. The van der Waals surface area contributed by atoms with Crippen molar-refractivity contribution in [2.75, 3.05) is 53.6 Å². The highest BCUT2D eigenvalue weighted by atomic mass is 35.5. The molecule has 34 heavy (non-hydrogen) atoms. The number of hydrogen-bond acceptors (Lipinski definition) is 7. The Morgan fingerprint density at radius 1 is 1.06 bits per heavy atom. The van der Waals surface area contributed by atoms with Crippen molar-refractivity contribution in [3.8, 4) is 11.5 Å². The van der Waals surface area contributed by atoms with Gasteiger partial charge in [-0.2, -0.15) is 0 Å². The van der Waals surface area contributed by atoms with Crippen LogP contribution >= 0.6 is 11.6 Å². The van der Waals surface area contributed by atoms with Crippen LogP contribution in [0.5, 0.6) is 11.5 Å². The van der Waals surface area contributed by atoms with Crippen LogP contribution in [0.4, 0.5) is 0 Å². The Bertz CT molecular complexity index is 1100. The van der Waals surface area contributed by atoms with E-state index in [4.69, 9.17) is 25.8 Å². The Morgan fingerprint density at radius 3 is 2.38 bits per heavy atom. The molecule has 2 aromatic carbocycles. The highest BCUT2D eigenvalue weighted by Gasteiger charge is 2.42. The van der Waals surface area contributed by atoms with E-state index in [0.717, 1.165) is 13.1 Å². The fourth-order valence-corrected chi connectivity index (χ4v) is 4.35. The number of benzene rings is 2. The molecule has 1 unspecified atom stereocenters. The quantitative estimate of drug-likeness (QED) is 0.573. The Kier molecular flexibility index (Phi) is 7.53. The number of Topliss-reactive ketones (excluding diaryl/α,β-unsaturated/α-hetero) is 1. The number of morpholine rings is 1. The second kappa shape index (κ2) is 10.6. The second-order valence-corrected chi connectivity index (χ2v) is 8.45. The molecule has 8 nitrogen and oxygen atoms in total. The summed E-state index contributed by atoms with van der Waals surface area (Å²) in [5, 5.41) is 11.4. The highest BCUT2D eigenvalue weighted by molar-refractivity contribution is 6.30. The van der Waals surface area contributed by atoms with E-state index in [1.54, 1.807) is 42.5 Å². The van der Waals surface area contributed by atoms with Crippen molar-refractivity contribution in [2.45, 2.75) is 6.10 Å². The number of carbonyl (C=O) groups excluding carboxylic acids is 2. The molecule has 180 valence electrons. The molecule has 2 aliphatic heterocycles. The molecule has 1 amide bonds. The van der Waals surface area contributed by atoms with Crippen molar-refractivity contribution in [2.24, 2.45) is 0 Å². The van der Waals surface area contributed by atoms with Gasteiger partial charge in [0.15, 0.2) is 23.4 Å². The Morgan fingerprint density at radius 2 is 1.74 bits per heavy atom. The predicted molar refractivity (Wildman–Crippen MR) is 127 cm³/mol. The molecule has 2 heterocycles. The number of rotatable bonds is 8. The Balaban J connectivity index is 1.77. The van der Waals surface area contributed by atoms with E-state index in [9.17, 15) is 14.7 Å². The van der Waals surface area contributed by atoms with Crippen LogP contribution in [-0.2, 0) is 9.53 Å². The summed E-state index contributed by atoms with van der Waals surface area (Å²) in [5.74, 6) is 0.00135. The van der Waals surface area contributed by atoms with Gasteiger partial charge >= 0.3 is 0 Å². The third kappa shape index (κ3) is 4.81. The lowest BCUT2D eigenvalue weighted by Gasteiger charge is -2.29. The molecule has 1 fully saturated rings. The van der Waals surface area contributed by atoms with Crippen molar-refractivity contribution >= 4 is 29.0 Å². The van der Waals surface area contributed by atoms with Gasteiger partial charge in [-0.3, -0.25) is 14.5 Å². The number of aliphatic hydroxyl groups excluding tert-OH is 1. The summed E-state index contributed by atoms with van der Waals surface area (Å²) < 4.78 is 16.2. The second-order valence-electron chi connectivity index (χ2n) is 8.01. The fraction of sp³-hybridized carbons (Fsp3) is 0.360. The van der Waals surface area contributed by atoms with Gasteiger partial charge in [0.25, 0.3) is 5.91 Å². The van der Waals surface area contributed by atoms with Gasteiger partial charge in [-0.15, -0.1) is 0 Å². The Hall–Kier alpha value is -2.91. The third-order valence-corrected chi connectivity index (χ3v) is 6.30. The lowest BCUT2D eigenvalue weighted by Crippen LogP contribution is -2.42. The molecule has 0 radical (unpaired) electrons. The maximum absolute atomic E-state index is 13.5. The van der Waals surface area contributed by atoms with Gasteiger partial charge in [-0.25, -0.2) is 0 Å². The third-order valence-electron chi connectivity index (χ3n) is 6.05. The van der Waals surface area contributed by atoms with Gasteiger partial charge in [0.1, 0.15) is 0 Å². The van der Waals surface area contributed by atoms with Gasteiger partial charge < -0.3 is 24.2 Å². The molecule has 4 rings (SSSR count). The summed E-state index contributed by atoms with van der Waals surface area (Å²) in [6, 6.07) is 11.5. The average Bonchev–Trinajstić information content (AvgIpc) is 3.12. The van der Waals surface area contributed by atoms with Crippen LogP contribution in [0.15, 0.2) is 48.0 Å². The van der Waals surface area contributed by atoms with E-state index in [-0.39, 0.29) is 5.57 Å². The maximum Gasteiger partial charge on any atom is 0.260 e. The van der Waals surface area contributed by atoms with Crippen molar-refractivity contribution < 1.29 is 28.9 Å². The topological polar surface area (TPSA) is 88.5 Å². The van der Waals surface area contributed by atoms with Crippen LogP contribution in [0.3, 0.4) is 0 Å². The van der Waals surface area contributed by atoms with E-state index in [1.807, 2.05) is 0 Å². The van der Waals surface area contributed by atoms with Gasteiger partial charge in [0.2, 0.25) is 0 Å². The summed E-state index contributed by atoms with van der Waals surface area (Å²) in [6.07, 6.45) is -1.57. The van der Waals surface area contributed by atoms with Gasteiger partial charge in [-0.05, 0) is 42.5 Å². The number of ketones is 1. The molecule has 2 aliphatic rings. The first kappa shape index (κ1) is 24.2. The summed E-state index contributed by atoms with van der Waals surface area (Å²) >= 11 is 5.98. The predicted octanol–water partition coefficient (Wildman–Crippen LogP) is 2.49. The van der Waals surface area contributed by atoms with Gasteiger partial charge in [0, 0.05) is 42.3 Å². The molecule has 1 N–H and O–H groups in total. The number of carbonyl (C=O) groups is 2. The van der Waals surface area contributed by atoms with Crippen molar-refractivity contribution in [1.29, 1.82) is 0 Å². The summed E-state index contributed by atoms with van der Waals surface area (Å²) in [6.45, 7) is 3.69. The first-order chi connectivity index (χ1) is 16.4. The van der Waals surface area contributed by atoms with Crippen molar-refractivity contribution in [3.05, 3.63) is 64.2 Å². The van der Waals surface area contributed by atoms with E-state index < -0.39 is 17.8 Å². The molecule has 0 bridgehead atoms. The molecule has 0 aromatic heterocycles. The molecular weight excluding hydrogens is 460 g/mol. The first-order valence-corrected chi connectivity index (χ1v) is 11.4. The molecule has 1 atom stereocenters. The van der Waals surface area contributed by atoms with Crippen LogP contribution in [0.1, 0.15) is 15.9 Å². The molecule has 0 saturated carbocycles. The molecule has 0 spiro atoms. The van der Waals surface area contributed by atoms with Crippen molar-refractivity contribution in [1.82, 2.24) is 9.80 Å². The summed E-state index contributed by atoms with van der Waals surface area (Å²) in [7, 11) is 3.05. The Labute approximate surface area is 203 Å². The SMILES string of the molecule is COc1ccc(C2=C(C(=O)c3ccc(Cl)cc3)C(O)C(=O)N2CCN2CCOCC2)cc1OC. The van der Waals surface area contributed by atoms with Crippen molar-refractivity contribution in [3.63, 3.8) is 0 Å². The zero-order valence-corrected chi connectivity index (χ0v) is 19.9. The monoisotopic (exact) mass is 486 g/mol. The minimum atomic E-state index is -1.57. The fourth-order valence-electron chi connectivity index (χ4n) is 4.23. The van der Waals surface area contributed by atoms with Crippen LogP contribution < -0.4 is 9.47 Å². The largest absolute Gasteiger partial charge is 0.493 e. The first-order valence-electron chi connectivity index (χ1n) is 11.0. The van der Waals surface area contributed by atoms with Gasteiger partial charge in [0.05, 0.1) is 38.7 Å². The normalized spacial score (nSPS) is 19.0. The molecular formula is C25H27ClN2O6. The number of methoxy groups -OCH3 is 2. The average molecular weight is 487 g/mol. The lowest BCUT2D eigenvalue weighted by atomic mass is 9.96. The van der Waals surface area contributed by atoms with Gasteiger partial charge in [-0.1, -0.05) is 11.6 Å². The maximum atomic E-state index is 13.5. The number of aliphatic hydroxyl groups is 1. The van der Waals surface area contributed by atoms with E-state index >= 15 is 0 Å². The van der Waals surface area contributed by atoms with Crippen LogP contribution in [-0.4, -0.2) is 86.3 Å². The van der Waals surface area contributed by atoms with E-state index in [0.29, 0.717) is 59.6 Å². The van der Waals surface area contributed by atoms with E-state index in [2.05, 4.69) is 4.90 Å². The minimum Gasteiger partial charge on any atom is -0.493 e. The molecule has 1 saturated heterocycles. The lowest BCUT2D eigenvalue weighted by molar-refractivity contribution is -0.133. The summed E-state index contributed by atoms with van der Waals surface area (Å²) in [5.41, 5.74) is 1.30.